The summed E-state index contributed by atoms with van der Waals surface area (Å²) in [4.78, 5) is 13.5. The maximum absolute atomic E-state index is 11.4. The molecule has 1 fully saturated rings. The smallest absolute Gasteiger partial charge is 0.231 e. The molecular weight excluding hydrogens is 308 g/mol. The second kappa shape index (κ2) is 7.40. The molecule has 2 aliphatic rings. The lowest BCUT2D eigenvalue weighted by molar-refractivity contribution is -0.119. The highest BCUT2D eigenvalue weighted by molar-refractivity contribution is 5.75. The molecule has 2 N–H and O–H groups in total. The number of amides is 1. The molecule has 6 heteroatoms. The minimum Gasteiger partial charge on any atom is -0.496 e. The minimum atomic E-state index is -0.335. The van der Waals surface area contributed by atoms with Gasteiger partial charge in [-0.2, -0.15) is 0 Å². The molecule has 0 saturated carbocycles. The molecule has 132 valence electrons. The molecule has 3 rings (SSSR count). The van der Waals surface area contributed by atoms with Crippen LogP contribution < -0.4 is 15.2 Å². The second-order valence-corrected chi connectivity index (χ2v) is 6.68. The molecule has 0 spiro atoms. The molecule has 0 aliphatic carbocycles. The van der Waals surface area contributed by atoms with Crippen molar-refractivity contribution in [2.24, 2.45) is 5.73 Å². The van der Waals surface area contributed by atoms with Gasteiger partial charge >= 0.3 is 0 Å². The van der Waals surface area contributed by atoms with Gasteiger partial charge in [0, 0.05) is 37.2 Å². The Kier molecular flexibility index (Phi) is 5.26. The van der Waals surface area contributed by atoms with Crippen LogP contribution in [0, 0.1) is 0 Å². The molecule has 0 bridgehead atoms. The van der Waals surface area contributed by atoms with E-state index in [1.165, 1.54) is 5.56 Å². The average molecular weight is 334 g/mol. The van der Waals surface area contributed by atoms with E-state index >= 15 is 0 Å². The van der Waals surface area contributed by atoms with E-state index in [4.69, 9.17) is 19.9 Å². The van der Waals surface area contributed by atoms with E-state index in [0.29, 0.717) is 13.1 Å². The van der Waals surface area contributed by atoms with Crippen LogP contribution in [-0.4, -0.2) is 49.8 Å². The molecule has 6 nitrogen and oxygen atoms in total. The van der Waals surface area contributed by atoms with Crippen molar-refractivity contribution in [1.29, 1.82) is 0 Å². The summed E-state index contributed by atoms with van der Waals surface area (Å²) in [5.41, 5.74) is 7.60. The predicted octanol–water partition coefficient (Wildman–Crippen LogP) is 1.48. The Morgan fingerprint density at radius 3 is 2.96 bits per heavy atom. The number of ether oxygens (including phenoxy) is 3. The Balaban J connectivity index is 1.77. The number of carbonyl (C=O) groups is 1. The molecule has 1 aromatic rings. The number of nitrogens with two attached hydrogens (primary N) is 1. The van der Waals surface area contributed by atoms with Crippen molar-refractivity contribution in [3.05, 3.63) is 23.3 Å². The van der Waals surface area contributed by atoms with Crippen LogP contribution in [0.1, 0.15) is 30.9 Å². The van der Waals surface area contributed by atoms with Gasteiger partial charge in [0.25, 0.3) is 0 Å². The summed E-state index contributed by atoms with van der Waals surface area (Å²) in [6.45, 7) is 4.33. The lowest BCUT2D eigenvalue weighted by atomic mass is 10.1. The zero-order valence-electron chi connectivity index (χ0n) is 14.4. The molecule has 1 saturated heterocycles. The van der Waals surface area contributed by atoms with Crippen molar-refractivity contribution in [2.45, 2.75) is 44.9 Å². The van der Waals surface area contributed by atoms with Gasteiger partial charge in [0.15, 0.2) is 0 Å². The Hall–Kier alpha value is -1.79. The third kappa shape index (κ3) is 3.99. The summed E-state index contributed by atoms with van der Waals surface area (Å²) in [6, 6.07) is 4.07. The highest BCUT2D eigenvalue weighted by Gasteiger charge is 2.24. The molecule has 2 heterocycles. The first kappa shape index (κ1) is 17.0. The fraction of sp³-hybridized carbons (Fsp3) is 0.611. The number of methoxy groups -OCH3 is 1. The van der Waals surface area contributed by atoms with Gasteiger partial charge in [0.05, 0.1) is 19.8 Å². The first-order valence-corrected chi connectivity index (χ1v) is 8.54. The Labute approximate surface area is 142 Å². The number of nitrogens with zero attached hydrogens (tertiary/aromatic N) is 1. The predicted molar refractivity (Wildman–Crippen MR) is 90.2 cm³/mol. The van der Waals surface area contributed by atoms with E-state index < -0.39 is 0 Å². The third-order valence-corrected chi connectivity index (χ3v) is 4.56. The Bertz CT molecular complexity index is 599. The summed E-state index contributed by atoms with van der Waals surface area (Å²) >= 11 is 0. The maximum atomic E-state index is 11.4. The lowest BCUT2D eigenvalue weighted by Gasteiger charge is -2.25. The number of hydrogen-bond acceptors (Lipinski definition) is 5. The van der Waals surface area contributed by atoms with Crippen LogP contribution in [0.15, 0.2) is 12.1 Å². The van der Waals surface area contributed by atoms with Crippen LogP contribution in [-0.2, 0) is 22.5 Å². The van der Waals surface area contributed by atoms with Crippen molar-refractivity contribution in [2.75, 3.05) is 26.8 Å². The SMILES string of the molecule is COc1cc2c(cc1CN(CC(N)=O)CC1CCCO1)OC(C)C2. The number of hydrogen-bond donors (Lipinski definition) is 1. The minimum absolute atomic E-state index is 0.168. The van der Waals surface area contributed by atoms with Gasteiger partial charge in [-0.05, 0) is 31.9 Å². The van der Waals surface area contributed by atoms with Crippen molar-refractivity contribution in [3.8, 4) is 11.5 Å². The molecule has 0 aromatic heterocycles. The summed E-state index contributed by atoms with van der Waals surface area (Å²) < 4.78 is 17.1. The molecular formula is C18H26N2O4. The van der Waals surface area contributed by atoms with Crippen LogP contribution in [0.25, 0.3) is 0 Å². The van der Waals surface area contributed by atoms with Gasteiger partial charge in [-0.25, -0.2) is 0 Å². The second-order valence-electron chi connectivity index (χ2n) is 6.68. The maximum Gasteiger partial charge on any atom is 0.231 e. The summed E-state index contributed by atoms with van der Waals surface area (Å²) in [5, 5.41) is 0. The number of carbonyl (C=O) groups excluding carboxylic acids is 1. The number of benzene rings is 1. The lowest BCUT2D eigenvalue weighted by Crippen LogP contribution is -2.38. The van der Waals surface area contributed by atoms with Crippen LogP contribution in [0.2, 0.25) is 0 Å². The van der Waals surface area contributed by atoms with Crippen LogP contribution in [0.4, 0.5) is 0 Å². The van der Waals surface area contributed by atoms with Gasteiger partial charge in [-0.1, -0.05) is 0 Å². The van der Waals surface area contributed by atoms with Crippen molar-refractivity contribution >= 4 is 5.91 Å². The first-order chi connectivity index (χ1) is 11.5. The number of fused-ring (bicyclic) bond motifs is 1. The summed E-state index contributed by atoms with van der Waals surface area (Å²) in [6.07, 6.45) is 3.35. The Morgan fingerprint density at radius 2 is 2.29 bits per heavy atom. The molecule has 1 amide bonds. The number of rotatable bonds is 7. The average Bonchev–Trinajstić information content (AvgIpc) is 3.13. The van der Waals surface area contributed by atoms with Crippen molar-refractivity contribution in [1.82, 2.24) is 4.90 Å². The molecule has 0 radical (unpaired) electrons. The molecule has 2 unspecified atom stereocenters. The van der Waals surface area contributed by atoms with Gasteiger partial charge in [0.2, 0.25) is 5.91 Å². The monoisotopic (exact) mass is 334 g/mol. The zero-order chi connectivity index (χ0) is 17.1. The largest absolute Gasteiger partial charge is 0.496 e. The molecule has 2 aliphatic heterocycles. The van der Waals surface area contributed by atoms with Gasteiger partial charge in [-0.15, -0.1) is 0 Å². The topological polar surface area (TPSA) is 74.0 Å². The van der Waals surface area contributed by atoms with E-state index in [2.05, 4.69) is 6.92 Å². The van der Waals surface area contributed by atoms with Gasteiger partial charge in [0.1, 0.15) is 17.6 Å². The summed E-state index contributed by atoms with van der Waals surface area (Å²) in [7, 11) is 1.67. The van der Waals surface area contributed by atoms with E-state index in [1.54, 1.807) is 7.11 Å². The normalized spacial score (nSPS) is 22.5. The Morgan fingerprint density at radius 1 is 1.46 bits per heavy atom. The quantitative estimate of drug-likeness (QED) is 0.818. The van der Waals surface area contributed by atoms with Crippen LogP contribution in [0.3, 0.4) is 0 Å². The molecule has 2 atom stereocenters. The fourth-order valence-corrected chi connectivity index (χ4v) is 3.52. The standard InChI is InChI=1S/C18H26N2O4/c1-12-6-13-7-16(22-2)14(8-17(13)24-12)9-20(11-18(19)21)10-15-4-3-5-23-15/h7-8,12,15H,3-6,9-11H2,1-2H3,(H2,19,21). The zero-order valence-corrected chi connectivity index (χ0v) is 14.4. The van der Waals surface area contributed by atoms with E-state index in [-0.39, 0.29) is 24.7 Å². The van der Waals surface area contributed by atoms with Gasteiger partial charge < -0.3 is 19.9 Å². The third-order valence-electron chi connectivity index (χ3n) is 4.56. The molecule has 24 heavy (non-hydrogen) atoms. The highest BCUT2D eigenvalue weighted by atomic mass is 16.5. The van der Waals surface area contributed by atoms with Crippen LogP contribution >= 0.6 is 0 Å². The highest BCUT2D eigenvalue weighted by Crippen LogP contribution is 2.35. The van der Waals surface area contributed by atoms with E-state index in [1.807, 2.05) is 17.0 Å². The summed E-state index contributed by atoms with van der Waals surface area (Å²) in [5.74, 6) is 1.40. The van der Waals surface area contributed by atoms with E-state index in [9.17, 15) is 4.79 Å². The van der Waals surface area contributed by atoms with Crippen molar-refractivity contribution < 1.29 is 19.0 Å². The van der Waals surface area contributed by atoms with Crippen molar-refractivity contribution in [3.63, 3.8) is 0 Å². The molecule has 1 aromatic carbocycles. The number of primary amides is 1. The first-order valence-electron chi connectivity index (χ1n) is 8.54. The fourth-order valence-electron chi connectivity index (χ4n) is 3.52. The van der Waals surface area contributed by atoms with E-state index in [0.717, 1.165) is 42.9 Å². The van der Waals surface area contributed by atoms with Gasteiger partial charge in [-0.3, -0.25) is 9.69 Å². The van der Waals surface area contributed by atoms with Crippen LogP contribution in [0.5, 0.6) is 11.5 Å².